The van der Waals surface area contributed by atoms with Gasteiger partial charge in [0.15, 0.2) is 5.75 Å². The van der Waals surface area contributed by atoms with Crippen LogP contribution in [0, 0.1) is 10.1 Å². The summed E-state index contributed by atoms with van der Waals surface area (Å²) in [6.07, 6.45) is 0.794. The van der Waals surface area contributed by atoms with Crippen molar-refractivity contribution in [3.05, 3.63) is 46.0 Å². The lowest BCUT2D eigenvalue weighted by Crippen LogP contribution is -2.21. The lowest BCUT2D eigenvalue weighted by atomic mass is 10.1. The Bertz CT molecular complexity index is 484. The van der Waals surface area contributed by atoms with Crippen molar-refractivity contribution in [3.8, 4) is 5.75 Å². The fourth-order valence-corrected chi connectivity index (χ4v) is 1.54. The van der Waals surface area contributed by atoms with Crippen LogP contribution in [-0.4, -0.2) is 17.6 Å². The summed E-state index contributed by atoms with van der Waals surface area (Å²) in [5, 5.41) is 14.3. The van der Waals surface area contributed by atoms with E-state index in [1.807, 2.05) is 20.8 Å². The summed E-state index contributed by atoms with van der Waals surface area (Å²) in [5.41, 5.74) is 1.86. The summed E-state index contributed by atoms with van der Waals surface area (Å²) in [6, 6.07) is 5.31. The maximum atomic E-state index is 11.0. The van der Waals surface area contributed by atoms with Gasteiger partial charge in [0.2, 0.25) is 0 Å². The molecule has 110 valence electrons. The van der Waals surface area contributed by atoms with Crippen molar-refractivity contribution in [1.82, 2.24) is 5.32 Å². The summed E-state index contributed by atoms with van der Waals surface area (Å²) < 4.78 is 5.53. The summed E-state index contributed by atoms with van der Waals surface area (Å²) in [7, 11) is 0. The molecule has 0 bridgehead atoms. The highest BCUT2D eigenvalue weighted by Crippen LogP contribution is 2.28. The van der Waals surface area contributed by atoms with Gasteiger partial charge in [0.1, 0.15) is 6.61 Å². The van der Waals surface area contributed by atoms with Crippen LogP contribution in [-0.2, 0) is 6.54 Å². The Morgan fingerprint density at radius 3 is 2.75 bits per heavy atom. The second kappa shape index (κ2) is 7.65. The van der Waals surface area contributed by atoms with E-state index in [1.165, 1.54) is 6.07 Å². The Morgan fingerprint density at radius 2 is 2.20 bits per heavy atom. The molecular weight excluding hydrogens is 256 g/mol. The molecule has 1 aromatic rings. The van der Waals surface area contributed by atoms with E-state index in [2.05, 4.69) is 11.9 Å². The Balaban J connectivity index is 2.87. The van der Waals surface area contributed by atoms with Crippen molar-refractivity contribution in [2.45, 2.75) is 39.8 Å². The zero-order valence-electron chi connectivity index (χ0n) is 12.3. The molecule has 0 radical (unpaired) electrons. The van der Waals surface area contributed by atoms with E-state index >= 15 is 0 Å². The third-order valence-electron chi connectivity index (χ3n) is 2.87. The highest BCUT2D eigenvalue weighted by Gasteiger charge is 2.15. The minimum absolute atomic E-state index is 0.0119. The van der Waals surface area contributed by atoms with E-state index in [4.69, 9.17) is 4.74 Å². The minimum atomic E-state index is -0.427. The number of hydrogen-bond donors (Lipinski definition) is 1. The largest absolute Gasteiger partial charge is 0.482 e. The molecule has 0 fully saturated rings. The van der Waals surface area contributed by atoms with Gasteiger partial charge in [0, 0.05) is 18.7 Å². The molecule has 0 spiro atoms. The monoisotopic (exact) mass is 278 g/mol. The maximum absolute atomic E-state index is 11.0. The molecule has 0 aromatic heterocycles. The second-order valence-electron chi connectivity index (χ2n) is 4.99. The maximum Gasteiger partial charge on any atom is 0.310 e. The first-order chi connectivity index (χ1) is 9.43. The fourth-order valence-electron chi connectivity index (χ4n) is 1.54. The van der Waals surface area contributed by atoms with E-state index in [0.29, 0.717) is 24.9 Å². The molecule has 0 unspecified atom stereocenters. The Morgan fingerprint density at radius 1 is 1.50 bits per heavy atom. The number of hydrogen-bond acceptors (Lipinski definition) is 4. The molecule has 0 aliphatic rings. The predicted molar refractivity (Wildman–Crippen MR) is 80.0 cm³/mol. The first-order valence-corrected chi connectivity index (χ1v) is 6.74. The van der Waals surface area contributed by atoms with Crippen LogP contribution in [0.2, 0.25) is 0 Å². The highest BCUT2D eigenvalue weighted by atomic mass is 16.6. The number of nitrogens with one attached hydrogen (secondary N) is 1. The van der Waals surface area contributed by atoms with Crippen molar-refractivity contribution in [1.29, 1.82) is 0 Å². The summed E-state index contributed by atoms with van der Waals surface area (Å²) in [6.45, 7) is 10.9. The average Bonchev–Trinajstić information content (AvgIpc) is 2.42. The number of benzene rings is 1. The fraction of sp³-hybridized carbons (Fsp3) is 0.467. The molecule has 0 saturated carbocycles. The number of nitrogens with zero attached hydrogens (tertiary/aromatic N) is 1. The van der Waals surface area contributed by atoms with Crippen LogP contribution in [0.25, 0.3) is 0 Å². The average molecular weight is 278 g/mol. The number of rotatable bonds is 8. The normalized spacial score (nSPS) is 10.6. The zero-order chi connectivity index (χ0) is 15.1. The molecule has 0 saturated heterocycles. The molecule has 20 heavy (non-hydrogen) atoms. The molecule has 0 heterocycles. The third-order valence-corrected chi connectivity index (χ3v) is 2.87. The van der Waals surface area contributed by atoms with Crippen molar-refractivity contribution < 1.29 is 9.66 Å². The molecule has 5 heteroatoms. The van der Waals surface area contributed by atoms with Crippen molar-refractivity contribution in [2.24, 2.45) is 0 Å². The van der Waals surface area contributed by atoms with Gasteiger partial charge in [-0.2, -0.15) is 0 Å². The molecule has 0 aliphatic heterocycles. The molecule has 1 rings (SSSR count). The van der Waals surface area contributed by atoms with Crippen LogP contribution in [0.3, 0.4) is 0 Å². The quantitative estimate of drug-likeness (QED) is 0.449. The van der Waals surface area contributed by atoms with Crippen LogP contribution in [0.5, 0.6) is 5.75 Å². The van der Waals surface area contributed by atoms with Gasteiger partial charge in [-0.25, -0.2) is 0 Å². The van der Waals surface area contributed by atoms with Gasteiger partial charge in [-0.15, -0.1) is 0 Å². The van der Waals surface area contributed by atoms with Crippen LogP contribution in [0.4, 0.5) is 5.69 Å². The summed E-state index contributed by atoms with van der Waals surface area (Å²) in [4.78, 5) is 10.6. The number of nitro groups is 1. The van der Waals surface area contributed by atoms with Crippen LogP contribution >= 0.6 is 0 Å². The van der Waals surface area contributed by atoms with Gasteiger partial charge >= 0.3 is 5.69 Å². The first kappa shape index (κ1) is 16.2. The Hall–Kier alpha value is -1.88. The number of ether oxygens (including phenoxy) is 1. The molecule has 0 atom stereocenters. The molecule has 1 N–H and O–H groups in total. The van der Waals surface area contributed by atoms with Gasteiger partial charge in [-0.3, -0.25) is 10.1 Å². The second-order valence-corrected chi connectivity index (χ2v) is 4.99. The lowest BCUT2D eigenvalue weighted by molar-refractivity contribution is -0.385. The van der Waals surface area contributed by atoms with Gasteiger partial charge < -0.3 is 10.1 Å². The Kier molecular flexibility index (Phi) is 6.18. The SMILES string of the molecule is C=C(CC)COc1cc(CNC(C)C)ccc1[N+](=O)[O-]. The van der Waals surface area contributed by atoms with E-state index in [0.717, 1.165) is 17.6 Å². The van der Waals surface area contributed by atoms with Crippen molar-refractivity contribution in [2.75, 3.05) is 6.61 Å². The standard InChI is InChI=1S/C15H22N2O3/c1-5-12(4)10-20-15-8-13(9-16-11(2)3)6-7-14(15)17(18)19/h6-8,11,16H,4-5,9-10H2,1-3H3. The molecule has 1 aromatic carbocycles. The summed E-state index contributed by atoms with van der Waals surface area (Å²) >= 11 is 0. The van der Waals surface area contributed by atoms with E-state index in [9.17, 15) is 10.1 Å². The smallest absolute Gasteiger partial charge is 0.310 e. The summed E-state index contributed by atoms with van der Waals surface area (Å²) in [5.74, 6) is 0.299. The number of nitro benzene ring substituents is 1. The highest BCUT2D eigenvalue weighted by molar-refractivity contribution is 5.48. The lowest BCUT2D eigenvalue weighted by Gasteiger charge is -2.11. The van der Waals surface area contributed by atoms with E-state index in [1.54, 1.807) is 12.1 Å². The molecular formula is C15H22N2O3. The topological polar surface area (TPSA) is 64.4 Å². The molecule has 5 nitrogen and oxygen atoms in total. The zero-order valence-corrected chi connectivity index (χ0v) is 12.3. The van der Waals surface area contributed by atoms with Crippen LogP contribution in [0.1, 0.15) is 32.8 Å². The molecule has 0 aliphatic carbocycles. The van der Waals surface area contributed by atoms with Crippen molar-refractivity contribution >= 4 is 5.69 Å². The van der Waals surface area contributed by atoms with E-state index in [-0.39, 0.29) is 5.69 Å². The minimum Gasteiger partial charge on any atom is -0.482 e. The third kappa shape index (κ3) is 5.01. The van der Waals surface area contributed by atoms with Crippen molar-refractivity contribution in [3.63, 3.8) is 0 Å². The predicted octanol–water partition coefficient (Wildman–Crippen LogP) is 3.44. The van der Waals surface area contributed by atoms with Crippen LogP contribution < -0.4 is 10.1 Å². The molecule has 0 amide bonds. The van der Waals surface area contributed by atoms with Gasteiger partial charge in [0.25, 0.3) is 0 Å². The van der Waals surface area contributed by atoms with Crippen LogP contribution in [0.15, 0.2) is 30.4 Å². The van der Waals surface area contributed by atoms with Gasteiger partial charge in [-0.1, -0.05) is 33.4 Å². The van der Waals surface area contributed by atoms with E-state index < -0.39 is 4.92 Å². The Labute approximate surface area is 119 Å². The van der Waals surface area contributed by atoms with Gasteiger partial charge in [-0.05, 0) is 23.6 Å². The van der Waals surface area contributed by atoms with Gasteiger partial charge in [0.05, 0.1) is 4.92 Å². The first-order valence-electron chi connectivity index (χ1n) is 6.74.